The van der Waals surface area contributed by atoms with Gasteiger partial charge in [0.2, 0.25) is 28.5 Å². The standard InChI is InChI=1S/4C24H23N2O/c1-15(2)13-17-9-8-10-18-19-14-16(3)21(20-11-6-7-12-26(20)5)22(25-4)24(19)27-23(17)18;1-15(2)12-20-21(25-4)10-9-17-19-14-18(22-8-6-7-11-26(22)5)16(3)13-23(19)27-24(17)20;1-15(2)12-17-9-10-20(25-4)23-19-14-18(21-8-6-7-11-26(21)5)16(3)13-22(19)27-24(17)23;1-15(2)10-17-12-18(25-4)13-21-20-14-19(22-8-6-7-9-26(22)5)16(3)11-23(20)27-24(17)21/h6-12,14-15H,13H2,1-3,5H3;2*6-11,13-15H,12H2,1-3,5H3;6-9,11-15H,10H2,1-3,5H3/q4*+1. The molecule has 8 heterocycles. The number of nitrogens with zero attached hydrogens (tertiary/aromatic N) is 8. The molecule has 536 valence electrons. The maximum Gasteiger partial charge on any atom is 0.243 e. The number of rotatable bonds is 12. The van der Waals surface area contributed by atoms with Crippen LogP contribution in [0.25, 0.3) is 152 Å². The molecule has 0 unspecified atom stereocenters. The van der Waals surface area contributed by atoms with Crippen LogP contribution in [0.5, 0.6) is 0 Å². The maximum atomic E-state index is 7.88. The minimum Gasteiger partial charge on any atom is -0.467 e. The van der Waals surface area contributed by atoms with E-state index >= 15 is 0 Å². The highest BCUT2D eigenvalue weighted by atomic mass is 16.3. The molecule has 16 aromatic rings. The Hall–Kier alpha value is -12.5. The topological polar surface area (TPSA) is 85.5 Å². The number of furan rings is 4. The first kappa shape index (κ1) is 73.8. The molecular weight excluding hydrogens is 1330 g/mol. The summed E-state index contributed by atoms with van der Waals surface area (Å²) in [4.78, 5) is 15.1. The van der Waals surface area contributed by atoms with E-state index in [2.05, 4.69) is 264 Å². The quantitative estimate of drug-likeness (QED) is 0.0901. The molecule has 0 bridgehead atoms. The summed E-state index contributed by atoms with van der Waals surface area (Å²) in [6.45, 7) is 56.5. The zero-order valence-electron chi connectivity index (χ0n) is 64.8. The van der Waals surface area contributed by atoms with Crippen molar-refractivity contribution in [2.24, 2.45) is 51.9 Å². The summed E-state index contributed by atoms with van der Waals surface area (Å²) in [7, 11) is 8.18. The van der Waals surface area contributed by atoms with Gasteiger partial charge in [-0.1, -0.05) is 97.9 Å². The fraction of sp³-hybridized carbons (Fsp3) is 0.250. The first-order valence-corrected chi connectivity index (χ1v) is 37.2. The molecule has 0 spiro atoms. The highest BCUT2D eigenvalue weighted by molar-refractivity contribution is 6.15. The van der Waals surface area contributed by atoms with Crippen LogP contribution in [0.1, 0.15) is 99.9 Å². The van der Waals surface area contributed by atoms with E-state index in [9.17, 15) is 0 Å². The number of benzene rings is 8. The van der Waals surface area contributed by atoms with E-state index in [-0.39, 0.29) is 0 Å². The molecule has 0 aliphatic rings. The molecule has 0 aliphatic heterocycles. The van der Waals surface area contributed by atoms with Crippen LogP contribution < -0.4 is 18.3 Å². The second-order valence-electron chi connectivity index (χ2n) is 30.5. The Morgan fingerprint density at radius 2 is 0.759 bits per heavy atom. The Labute approximate surface area is 633 Å². The lowest BCUT2D eigenvalue weighted by atomic mass is 9.97. The van der Waals surface area contributed by atoms with Crippen molar-refractivity contribution in [2.45, 2.75) is 109 Å². The van der Waals surface area contributed by atoms with Gasteiger partial charge in [0.1, 0.15) is 72.9 Å². The van der Waals surface area contributed by atoms with E-state index in [0.29, 0.717) is 52.0 Å². The summed E-state index contributed by atoms with van der Waals surface area (Å²) in [5.74, 6) is 2.04. The van der Waals surface area contributed by atoms with E-state index in [1.165, 1.54) is 44.6 Å². The van der Waals surface area contributed by atoms with E-state index in [0.717, 1.165) is 153 Å². The van der Waals surface area contributed by atoms with Crippen LogP contribution in [0.4, 0.5) is 22.7 Å². The lowest BCUT2D eigenvalue weighted by molar-refractivity contribution is -0.660. The highest BCUT2D eigenvalue weighted by Gasteiger charge is 2.27. The molecule has 0 radical (unpaired) electrons. The maximum absolute atomic E-state index is 7.88. The number of pyridine rings is 4. The van der Waals surface area contributed by atoms with Crippen molar-refractivity contribution in [1.29, 1.82) is 0 Å². The second-order valence-corrected chi connectivity index (χ2v) is 30.5. The van der Waals surface area contributed by atoms with Crippen molar-refractivity contribution in [3.05, 3.63) is 285 Å². The summed E-state index contributed by atoms with van der Waals surface area (Å²) in [5, 5.41) is 8.40. The van der Waals surface area contributed by atoms with Gasteiger partial charge in [-0.25, -0.2) is 37.6 Å². The summed E-state index contributed by atoms with van der Waals surface area (Å²) in [5.41, 5.74) is 27.6. The van der Waals surface area contributed by atoms with Gasteiger partial charge in [0.15, 0.2) is 41.8 Å². The molecule has 8 aromatic carbocycles. The summed E-state index contributed by atoms with van der Waals surface area (Å²) < 4.78 is 33.6. The zero-order valence-corrected chi connectivity index (χ0v) is 64.8. The van der Waals surface area contributed by atoms with Gasteiger partial charge in [0, 0.05) is 114 Å². The van der Waals surface area contributed by atoms with Gasteiger partial charge < -0.3 is 17.7 Å². The number of fused-ring (bicyclic) bond motifs is 12. The molecule has 0 aliphatic carbocycles. The van der Waals surface area contributed by atoms with Crippen LogP contribution in [0.3, 0.4) is 0 Å². The molecule has 0 saturated heterocycles. The molecule has 16 rings (SSSR count). The minimum absolute atomic E-state index is 0.463. The van der Waals surface area contributed by atoms with E-state index in [1.807, 2.05) is 80.0 Å². The predicted molar refractivity (Wildman–Crippen MR) is 439 cm³/mol. The van der Waals surface area contributed by atoms with Crippen LogP contribution in [0.15, 0.2) is 212 Å². The average Bonchev–Trinajstić information content (AvgIpc) is 1.60. The second kappa shape index (κ2) is 30.9. The number of aromatic nitrogens is 4. The van der Waals surface area contributed by atoms with Gasteiger partial charge in [-0.3, -0.25) is 0 Å². The van der Waals surface area contributed by atoms with Gasteiger partial charge in [-0.15, -0.1) is 0 Å². The third-order valence-corrected chi connectivity index (χ3v) is 20.4. The van der Waals surface area contributed by atoms with Gasteiger partial charge in [-0.2, -0.15) is 0 Å². The fourth-order valence-corrected chi connectivity index (χ4v) is 15.4. The zero-order chi connectivity index (χ0) is 76.5. The molecule has 0 atom stereocenters. The van der Waals surface area contributed by atoms with Gasteiger partial charge in [0.05, 0.1) is 31.9 Å². The third kappa shape index (κ3) is 14.4. The van der Waals surface area contributed by atoms with E-state index in [1.54, 1.807) is 0 Å². The predicted octanol–water partition coefficient (Wildman–Crippen LogP) is 24.5. The monoisotopic (exact) mass is 1420 g/mol. The summed E-state index contributed by atoms with van der Waals surface area (Å²) >= 11 is 0. The smallest absolute Gasteiger partial charge is 0.243 e. The number of aryl methyl sites for hydroxylation is 8. The SMILES string of the molecule is [C-]#[N+]c1c(-c2cccc[n+]2C)c(C)cc2c1oc1c(CC(C)C)cccc12.[C-]#[N+]c1cc(CC(C)C)c2oc3cc(C)c(-c4cccc[n+]4C)cc3c2c1.[C-]#[N+]c1ccc(CC(C)C)c2oc3cc(C)c(-c4cccc[n+]4C)cc3c12.[C-]#[N+]c1ccc2c(oc3cc(C)c(-c4cccc[n+]4C)cc32)c1CC(C)C. The third-order valence-electron chi connectivity index (χ3n) is 20.4. The van der Waals surface area contributed by atoms with E-state index < -0.39 is 0 Å². The molecule has 12 nitrogen and oxygen atoms in total. The summed E-state index contributed by atoms with van der Waals surface area (Å²) in [6.07, 6.45) is 11.8. The van der Waals surface area contributed by atoms with Crippen LogP contribution in [0, 0.1) is 77.7 Å². The Bertz CT molecular complexity index is 6370. The normalized spacial score (nSPS) is 11.4. The van der Waals surface area contributed by atoms with Crippen molar-refractivity contribution in [2.75, 3.05) is 0 Å². The highest BCUT2D eigenvalue weighted by Crippen LogP contribution is 2.46. The number of para-hydroxylation sites is 1. The largest absolute Gasteiger partial charge is 0.467 e. The Morgan fingerprint density at radius 1 is 0.324 bits per heavy atom. The Morgan fingerprint density at radius 3 is 1.26 bits per heavy atom. The van der Waals surface area contributed by atoms with Gasteiger partial charge in [0.25, 0.3) is 0 Å². The van der Waals surface area contributed by atoms with Gasteiger partial charge >= 0.3 is 0 Å². The molecule has 108 heavy (non-hydrogen) atoms. The van der Waals surface area contributed by atoms with Crippen LogP contribution in [0.2, 0.25) is 0 Å². The Balaban J connectivity index is 0.000000127. The first-order chi connectivity index (χ1) is 52.0. The molecular formula is C96H92N8O4+4. The van der Waals surface area contributed by atoms with E-state index in [4.69, 9.17) is 44.0 Å². The molecule has 0 N–H and O–H groups in total. The molecule has 12 heteroatoms. The lowest BCUT2D eigenvalue weighted by Crippen LogP contribution is -2.30. The van der Waals surface area contributed by atoms with Crippen LogP contribution in [-0.4, -0.2) is 0 Å². The summed E-state index contributed by atoms with van der Waals surface area (Å²) in [6, 6.07) is 58.0. The molecule has 8 aromatic heterocycles. The number of hydrogen-bond acceptors (Lipinski definition) is 4. The van der Waals surface area contributed by atoms with Crippen molar-refractivity contribution in [1.82, 2.24) is 0 Å². The van der Waals surface area contributed by atoms with Crippen LogP contribution in [-0.2, 0) is 53.9 Å². The van der Waals surface area contributed by atoms with Gasteiger partial charge in [-0.05, 0) is 195 Å². The number of hydrogen-bond donors (Lipinski definition) is 0. The van der Waals surface area contributed by atoms with Crippen molar-refractivity contribution >= 4 is 111 Å². The molecule has 0 amide bonds. The minimum atomic E-state index is 0.463. The average molecular weight is 1420 g/mol. The Kier molecular flexibility index (Phi) is 21.1. The fourth-order valence-electron chi connectivity index (χ4n) is 15.4. The van der Waals surface area contributed by atoms with Crippen molar-refractivity contribution in [3.8, 4) is 45.0 Å². The molecule has 0 saturated carbocycles. The van der Waals surface area contributed by atoms with Crippen molar-refractivity contribution in [3.63, 3.8) is 0 Å². The van der Waals surface area contributed by atoms with Crippen LogP contribution >= 0.6 is 0 Å². The lowest BCUT2D eigenvalue weighted by Gasteiger charge is -2.07. The van der Waals surface area contributed by atoms with Crippen molar-refractivity contribution < 1.29 is 35.9 Å². The first-order valence-electron chi connectivity index (χ1n) is 37.2. The molecule has 0 fully saturated rings.